The topological polar surface area (TPSA) is 46.9 Å². The molecule has 3 rings (SSSR count). The van der Waals surface area contributed by atoms with Gasteiger partial charge in [0.25, 0.3) is 12.3 Å². The van der Waals surface area contributed by atoms with Crippen LogP contribution in [-0.4, -0.2) is 15.7 Å². The smallest absolute Gasteiger partial charge is 0.284 e. The number of hydrogen-bond donors (Lipinski definition) is 1. The third-order valence-electron chi connectivity index (χ3n) is 4.66. The van der Waals surface area contributed by atoms with Crippen molar-refractivity contribution in [2.45, 2.75) is 45.1 Å². The average Bonchev–Trinajstić information content (AvgIpc) is 2.99. The van der Waals surface area contributed by atoms with Gasteiger partial charge in [-0.25, -0.2) is 8.78 Å². The number of aromatic nitrogens is 2. The number of carbonyl (C=O) groups is 1. The van der Waals surface area contributed by atoms with Gasteiger partial charge in [0.15, 0.2) is 5.69 Å². The maximum absolute atomic E-state index is 13.3. The summed E-state index contributed by atoms with van der Waals surface area (Å²) in [6, 6.07) is 6.45. The molecule has 1 saturated carbocycles. The highest BCUT2D eigenvalue weighted by Gasteiger charge is 2.25. The van der Waals surface area contributed by atoms with Gasteiger partial charge in [0, 0.05) is 16.8 Å². The molecule has 0 radical (unpaired) electrons. The summed E-state index contributed by atoms with van der Waals surface area (Å²) in [7, 11) is 0. The van der Waals surface area contributed by atoms with Crippen molar-refractivity contribution in [3.63, 3.8) is 0 Å². The third kappa shape index (κ3) is 4.18. The molecule has 1 aromatic heterocycles. The fourth-order valence-electron chi connectivity index (χ4n) is 3.18. The average molecular weight is 368 g/mol. The molecule has 1 aliphatic rings. The Hall–Kier alpha value is -1.95. The van der Waals surface area contributed by atoms with E-state index in [4.69, 9.17) is 11.6 Å². The summed E-state index contributed by atoms with van der Waals surface area (Å²) in [6.07, 6.45) is 2.70. The molecule has 1 amide bonds. The molecule has 0 aliphatic heterocycles. The van der Waals surface area contributed by atoms with Crippen LogP contribution in [0.25, 0.3) is 0 Å². The van der Waals surface area contributed by atoms with Crippen molar-refractivity contribution >= 4 is 23.2 Å². The minimum atomic E-state index is -2.75. The predicted molar refractivity (Wildman–Crippen MR) is 93.3 cm³/mol. The van der Waals surface area contributed by atoms with Gasteiger partial charge in [0.2, 0.25) is 0 Å². The molecule has 134 valence electrons. The second kappa shape index (κ2) is 7.52. The highest BCUT2D eigenvalue weighted by atomic mass is 35.5. The van der Waals surface area contributed by atoms with Crippen molar-refractivity contribution < 1.29 is 13.6 Å². The van der Waals surface area contributed by atoms with E-state index in [1.807, 2.05) is 0 Å². The van der Waals surface area contributed by atoms with Crippen molar-refractivity contribution in [2.75, 3.05) is 5.32 Å². The van der Waals surface area contributed by atoms with E-state index in [9.17, 15) is 13.6 Å². The van der Waals surface area contributed by atoms with Gasteiger partial charge in [-0.05, 0) is 49.8 Å². The fourth-order valence-corrected chi connectivity index (χ4v) is 3.37. The van der Waals surface area contributed by atoms with E-state index < -0.39 is 18.0 Å². The van der Waals surface area contributed by atoms with Crippen LogP contribution in [-0.2, 0) is 0 Å². The van der Waals surface area contributed by atoms with Crippen LogP contribution in [0.15, 0.2) is 30.5 Å². The van der Waals surface area contributed by atoms with Gasteiger partial charge in [-0.15, -0.1) is 0 Å². The molecular weight excluding hydrogens is 348 g/mol. The minimum Gasteiger partial charge on any atom is -0.319 e. The minimum absolute atomic E-state index is 0.0543. The zero-order valence-corrected chi connectivity index (χ0v) is 14.6. The Balaban J connectivity index is 1.81. The van der Waals surface area contributed by atoms with Gasteiger partial charge in [-0.2, -0.15) is 5.10 Å². The quantitative estimate of drug-likeness (QED) is 0.778. The lowest BCUT2D eigenvalue weighted by Crippen LogP contribution is -2.17. The fraction of sp³-hybridized carbons (Fsp3) is 0.444. The monoisotopic (exact) mass is 367 g/mol. The lowest BCUT2D eigenvalue weighted by molar-refractivity contribution is 0.102. The number of rotatable bonds is 4. The van der Waals surface area contributed by atoms with Crippen LogP contribution in [0.4, 0.5) is 14.5 Å². The largest absolute Gasteiger partial charge is 0.319 e. The molecule has 0 unspecified atom stereocenters. The van der Waals surface area contributed by atoms with Crippen molar-refractivity contribution in [3.05, 3.63) is 46.7 Å². The number of amides is 1. The van der Waals surface area contributed by atoms with Crippen LogP contribution in [0.1, 0.15) is 61.1 Å². The van der Waals surface area contributed by atoms with E-state index in [-0.39, 0.29) is 11.7 Å². The predicted octanol–water partition coefficient (Wildman–Crippen LogP) is 5.48. The summed E-state index contributed by atoms with van der Waals surface area (Å²) >= 11 is 5.87. The van der Waals surface area contributed by atoms with E-state index in [2.05, 4.69) is 17.3 Å². The maximum Gasteiger partial charge on any atom is 0.284 e. The molecule has 0 saturated heterocycles. The van der Waals surface area contributed by atoms with Crippen LogP contribution in [0.5, 0.6) is 0 Å². The van der Waals surface area contributed by atoms with E-state index >= 15 is 0 Å². The third-order valence-corrected chi connectivity index (χ3v) is 4.90. The van der Waals surface area contributed by atoms with Gasteiger partial charge in [-0.1, -0.05) is 24.6 Å². The molecule has 4 nitrogen and oxygen atoms in total. The summed E-state index contributed by atoms with van der Waals surface area (Å²) in [5.74, 6) is 0.171. The van der Waals surface area contributed by atoms with Gasteiger partial charge in [0.05, 0.1) is 11.7 Å². The normalized spacial score (nSPS) is 20.7. The number of nitrogens with one attached hydrogen (secondary N) is 1. The first-order chi connectivity index (χ1) is 11.9. The Morgan fingerprint density at radius 2 is 2.04 bits per heavy atom. The number of alkyl halides is 2. The first-order valence-corrected chi connectivity index (χ1v) is 8.76. The number of carbonyl (C=O) groups excluding carboxylic acids is 1. The number of hydrogen-bond acceptors (Lipinski definition) is 2. The summed E-state index contributed by atoms with van der Waals surface area (Å²) in [5, 5.41) is 7.00. The van der Waals surface area contributed by atoms with Crippen LogP contribution in [0.2, 0.25) is 5.02 Å². The second-order valence-electron chi connectivity index (χ2n) is 6.59. The van der Waals surface area contributed by atoms with E-state index in [0.29, 0.717) is 16.5 Å². The SMILES string of the molecule is C[C@H]1CC[C@H](n2cc(NC(=O)c3cccc(Cl)c3)c(C(F)F)n2)CC1. The summed E-state index contributed by atoms with van der Waals surface area (Å²) < 4.78 is 28.3. The van der Waals surface area contributed by atoms with Crippen molar-refractivity contribution in [2.24, 2.45) is 5.92 Å². The Labute approximate surface area is 150 Å². The molecular formula is C18H20ClF2N3O. The molecule has 1 fully saturated rings. The standard InChI is InChI=1S/C18H20ClF2N3O/c1-11-5-7-14(8-6-11)24-10-15(16(23-24)17(20)21)22-18(25)12-3-2-4-13(19)9-12/h2-4,9-11,14,17H,5-8H2,1H3,(H,22,25)/t11-,14-. The van der Waals surface area contributed by atoms with Gasteiger partial charge in [-0.3, -0.25) is 9.48 Å². The lowest BCUT2D eigenvalue weighted by atomic mass is 9.87. The molecule has 2 aromatic rings. The highest BCUT2D eigenvalue weighted by Crippen LogP contribution is 2.34. The zero-order chi connectivity index (χ0) is 18.0. The molecule has 25 heavy (non-hydrogen) atoms. The highest BCUT2D eigenvalue weighted by molar-refractivity contribution is 6.31. The number of halogens is 3. The van der Waals surface area contributed by atoms with Crippen LogP contribution < -0.4 is 5.32 Å². The summed E-state index contributed by atoms with van der Waals surface area (Å²) in [6.45, 7) is 2.19. The molecule has 7 heteroatoms. The number of nitrogens with zero attached hydrogens (tertiary/aromatic N) is 2. The van der Waals surface area contributed by atoms with E-state index in [0.717, 1.165) is 25.7 Å². The first kappa shape index (κ1) is 17.9. The molecule has 1 heterocycles. The molecule has 0 atom stereocenters. The van der Waals surface area contributed by atoms with Gasteiger partial charge < -0.3 is 5.32 Å². The molecule has 1 aliphatic carbocycles. The Bertz CT molecular complexity index is 755. The van der Waals surface area contributed by atoms with Crippen molar-refractivity contribution in [1.82, 2.24) is 9.78 Å². The van der Waals surface area contributed by atoms with Crippen molar-refractivity contribution in [1.29, 1.82) is 0 Å². The Morgan fingerprint density at radius 1 is 1.32 bits per heavy atom. The lowest BCUT2D eigenvalue weighted by Gasteiger charge is -2.26. The number of benzene rings is 1. The number of anilines is 1. The molecule has 1 N–H and O–H groups in total. The van der Waals surface area contributed by atoms with E-state index in [1.54, 1.807) is 22.9 Å². The summed E-state index contributed by atoms with van der Waals surface area (Å²) in [4.78, 5) is 12.3. The Morgan fingerprint density at radius 3 is 2.68 bits per heavy atom. The Kier molecular flexibility index (Phi) is 5.37. The van der Waals surface area contributed by atoms with Crippen LogP contribution in [0, 0.1) is 5.92 Å². The van der Waals surface area contributed by atoms with Gasteiger partial charge in [0.1, 0.15) is 0 Å². The zero-order valence-electron chi connectivity index (χ0n) is 13.9. The maximum atomic E-state index is 13.3. The molecule has 0 spiro atoms. The van der Waals surface area contributed by atoms with Crippen molar-refractivity contribution in [3.8, 4) is 0 Å². The van der Waals surface area contributed by atoms with Crippen LogP contribution in [0.3, 0.4) is 0 Å². The second-order valence-corrected chi connectivity index (χ2v) is 7.02. The first-order valence-electron chi connectivity index (χ1n) is 8.38. The van der Waals surface area contributed by atoms with E-state index in [1.165, 1.54) is 12.3 Å². The summed E-state index contributed by atoms with van der Waals surface area (Å²) in [5.41, 5.74) is -0.0282. The molecule has 1 aromatic carbocycles. The van der Waals surface area contributed by atoms with Gasteiger partial charge >= 0.3 is 0 Å². The van der Waals surface area contributed by atoms with Crippen LogP contribution >= 0.6 is 11.6 Å². The molecule has 0 bridgehead atoms.